The first-order valence-corrected chi connectivity index (χ1v) is 8.66. The number of rotatable bonds is 3. The SMILES string of the molecule is O=[N+]([O-])c1ccc(-c2nnc3c(-c4ccccc4)nc4ccccc4n23)cc1. The van der Waals surface area contributed by atoms with Crippen LogP contribution in [-0.4, -0.2) is 24.5 Å². The Bertz CT molecular complexity index is 1330. The Balaban J connectivity index is 1.82. The second-order valence-corrected chi connectivity index (χ2v) is 6.30. The Labute approximate surface area is 159 Å². The van der Waals surface area contributed by atoms with Crippen LogP contribution in [0.3, 0.4) is 0 Å². The maximum Gasteiger partial charge on any atom is 0.269 e. The lowest BCUT2D eigenvalue weighted by atomic mass is 10.1. The first-order valence-electron chi connectivity index (χ1n) is 8.66. The monoisotopic (exact) mass is 367 g/mol. The van der Waals surface area contributed by atoms with E-state index >= 15 is 0 Å². The van der Waals surface area contributed by atoms with Crippen molar-refractivity contribution in [2.75, 3.05) is 0 Å². The van der Waals surface area contributed by atoms with Crippen molar-refractivity contribution >= 4 is 22.4 Å². The molecular weight excluding hydrogens is 354 g/mol. The minimum Gasteiger partial charge on any atom is -0.271 e. The Hall–Kier alpha value is -4.13. The number of benzene rings is 3. The van der Waals surface area contributed by atoms with Crippen molar-refractivity contribution in [3.05, 3.63) is 89.0 Å². The predicted octanol–water partition coefficient (Wildman–Crippen LogP) is 4.52. The number of nitrogens with zero attached hydrogens (tertiary/aromatic N) is 5. The molecule has 0 fully saturated rings. The van der Waals surface area contributed by atoms with Crippen LogP contribution in [-0.2, 0) is 0 Å². The summed E-state index contributed by atoms with van der Waals surface area (Å²) in [6, 6.07) is 23.9. The Morgan fingerprint density at radius 1 is 0.786 bits per heavy atom. The van der Waals surface area contributed by atoms with E-state index in [1.54, 1.807) is 12.1 Å². The van der Waals surface area contributed by atoms with E-state index in [1.807, 2.05) is 59.0 Å². The lowest BCUT2D eigenvalue weighted by Gasteiger charge is -2.09. The van der Waals surface area contributed by atoms with Gasteiger partial charge in [0.25, 0.3) is 5.69 Å². The van der Waals surface area contributed by atoms with Gasteiger partial charge in [-0.2, -0.15) is 0 Å². The van der Waals surface area contributed by atoms with E-state index in [4.69, 9.17) is 4.98 Å². The van der Waals surface area contributed by atoms with Crippen molar-refractivity contribution in [2.45, 2.75) is 0 Å². The smallest absolute Gasteiger partial charge is 0.269 e. The molecule has 0 atom stereocenters. The molecule has 2 heterocycles. The second kappa shape index (κ2) is 6.24. The molecular formula is C21H13N5O2. The highest BCUT2D eigenvalue weighted by molar-refractivity contribution is 5.87. The third-order valence-electron chi connectivity index (χ3n) is 4.61. The van der Waals surface area contributed by atoms with Crippen LogP contribution in [0.15, 0.2) is 78.9 Å². The maximum absolute atomic E-state index is 11.0. The number of para-hydroxylation sites is 2. The summed E-state index contributed by atoms with van der Waals surface area (Å²) in [5.41, 5.74) is 4.79. The molecule has 5 aromatic rings. The van der Waals surface area contributed by atoms with Gasteiger partial charge in [0.15, 0.2) is 11.5 Å². The van der Waals surface area contributed by atoms with Crippen LogP contribution < -0.4 is 0 Å². The highest BCUT2D eigenvalue weighted by Gasteiger charge is 2.17. The van der Waals surface area contributed by atoms with Crippen LogP contribution in [0.2, 0.25) is 0 Å². The average molecular weight is 367 g/mol. The van der Waals surface area contributed by atoms with Gasteiger partial charge < -0.3 is 0 Å². The molecule has 2 aromatic heterocycles. The first-order chi connectivity index (χ1) is 13.7. The molecule has 0 bridgehead atoms. The van der Waals surface area contributed by atoms with Crippen LogP contribution in [0.25, 0.3) is 39.3 Å². The summed E-state index contributed by atoms with van der Waals surface area (Å²) in [6.45, 7) is 0. The number of aromatic nitrogens is 4. The van der Waals surface area contributed by atoms with E-state index < -0.39 is 4.92 Å². The zero-order chi connectivity index (χ0) is 19.1. The molecule has 0 amide bonds. The molecule has 0 N–H and O–H groups in total. The maximum atomic E-state index is 11.0. The molecule has 0 saturated carbocycles. The summed E-state index contributed by atoms with van der Waals surface area (Å²) < 4.78 is 1.95. The fourth-order valence-electron chi connectivity index (χ4n) is 3.29. The number of hydrogen-bond acceptors (Lipinski definition) is 5. The number of non-ortho nitro benzene ring substituents is 1. The van der Waals surface area contributed by atoms with Crippen molar-refractivity contribution in [3.63, 3.8) is 0 Å². The van der Waals surface area contributed by atoms with E-state index in [0.29, 0.717) is 11.5 Å². The van der Waals surface area contributed by atoms with Gasteiger partial charge in [0, 0.05) is 23.3 Å². The summed E-state index contributed by atoms with van der Waals surface area (Å²) in [7, 11) is 0. The van der Waals surface area contributed by atoms with Crippen LogP contribution in [0.1, 0.15) is 0 Å². The summed E-state index contributed by atoms with van der Waals surface area (Å²) in [5.74, 6) is 0.612. The molecule has 7 nitrogen and oxygen atoms in total. The molecule has 134 valence electrons. The van der Waals surface area contributed by atoms with Gasteiger partial charge in [-0.1, -0.05) is 42.5 Å². The van der Waals surface area contributed by atoms with Gasteiger partial charge in [-0.3, -0.25) is 14.5 Å². The van der Waals surface area contributed by atoms with Crippen LogP contribution in [0, 0.1) is 10.1 Å². The first kappa shape index (κ1) is 16.1. The summed E-state index contributed by atoms with van der Waals surface area (Å²) in [4.78, 5) is 15.3. The number of nitro groups is 1. The zero-order valence-electron chi connectivity index (χ0n) is 14.6. The molecule has 0 spiro atoms. The number of hydrogen-bond donors (Lipinski definition) is 0. The highest BCUT2D eigenvalue weighted by Crippen LogP contribution is 2.30. The normalized spacial score (nSPS) is 11.1. The zero-order valence-corrected chi connectivity index (χ0v) is 14.6. The lowest BCUT2D eigenvalue weighted by Crippen LogP contribution is -1.98. The number of nitro benzene ring substituents is 1. The quantitative estimate of drug-likeness (QED) is 0.346. The minimum absolute atomic E-state index is 0.0362. The topological polar surface area (TPSA) is 86.2 Å². The lowest BCUT2D eigenvalue weighted by molar-refractivity contribution is -0.384. The summed E-state index contributed by atoms with van der Waals surface area (Å²) in [6.07, 6.45) is 0. The largest absolute Gasteiger partial charge is 0.271 e. The van der Waals surface area contributed by atoms with Crippen molar-refractivity contribution in [1.82, 2.24) is 19.6 Å². The van der Waals surface area contributed by atoms with Gasteiger partial charge in [0.1, 0.15) is 5.69 Å². The van der Waals surface area contributed by atoms with Crippen LogP contribution in [0.5, 0.6) is 0 Å². The van der Waals surface area contributed by atoms with Gasteiger partial charge in [0.2, 0.25) is 0 Å². The standard InChI is InChI=1S/C21H13N5O2/c27-26(28)16-12-10-15(11-13-16)20-23-24-21-19(14-6-2-1-3-7-14)22-17-8-4-5-9-18(17)25(20)21/h1-13H. The molecule has 0 aliphatic heterocycles. The van der Waals surface area contributed by atoms with Gasteiger partial charge >= 0.3 is 0 Å². The summed E-state index contributed by atoms with van der Waals surface area (Å²) >= 11 is 0. The van der Waals surface area contributed by atoms with Gasteiger partial charge in [-0.15, -0.1) is 10.2 Å². The van der Waals surface area contributed by atoms with Crippen LogP contribution >= 0.6 is 0 Å². The van der Waals surface area contributed by atoms with Gasteiger partial charge in [-0.25, -0.2) is 4.98 Å². The molecule has 28 heavy (non-hydrogen) atoms. The average Bonchev–Trinajstić information content (AvgIpc) is 3.19. The number of fused-ring (bicyclic) bond motifs is 3. The van der Waals surface area contributed by atoms with E-state index in [-0.39, 0.29) is 5.69 Å². The van der Waals surface area contributed by atoms with E-state index in [2.05, 4.69) is 10.2 Å². The molecule has 5 rings (SSSR count). The second-order valence-electron chi connectivity index (χ2n) is 6.30. The van der Waals surface area contributed by atoms with E-state index in [1.165, 1.54) is 12.1 Å². The third-order valence-corrected chi connectivity index (χ3v) is 4.61. The fourth-order valence-corrected chi connectivity index (χ4v) is 3.29. The molecule has 7 heteroatoms. The van der Waals surface area contributed by atoms with Crippen molar-refractivity contribution < 1.29 is 4.92 Å². The van der Waals surface area contributed by atoms with Crippen molar-refractivity contribution in [2.24, 2.45) is 0 Å². The van der Waals surface area contributed by atoms with Crippen LogP contribution in [0.4, 0.5) is 5.69 Å². The minimum atomic E-state index is -0.418. The predicted molar refractivity (Wildman–Crippen MR) is 106 cm³/mol. The Morgan fingerprint density at radius 3 is 2.25 bits per heavy atom. The molecule has 0 aliphatic rings. The van der Waals surface area contributed by atoms with Gasteiger partial charge in [-0.05, 0) is 24.3 Å². The third kappa shape index (κ3) is 2.49. The molecule has 0 saturated heterocycles. The fraction of sp³-hybridized carbons (Fsp3) is 0. The summed E-state index contributed by atoms with van der Waals surface area (Å²) in [5, 5.41) is 19.7. The van der Waals surface area contributed by atoms with E-state index in [0.717, 1.165) is 27.9 Å². The Morgan fingerprint density at radius 2 is 1.50 bits per heavy atom. The van der Waals surface area contributed by atoms with Crippen molar-refractivity contribution in [3.8, 4) is 22.6 Å². The van der Waals surface area contributed by atoms with Gasteiger partial charge in [0.05, 0.1) is 16.0 Å². The molecule has 3 aromatic carbocycles. The molecule has 0 aliphatic carbocycles. The molecule has 0 radical (unpaired) electrons. The highest BCUT2D eigenvalue weighted by atomic mass is 16.6. The Kier molecular flexibility index (Phi) is 3.58. The van der Waals surface area contributed by atoms with Crippen molar-refractivity contribution in [1.29, 1.82) is 0 Å². The molecule has 0 unspecified atom stereocenters. The van der Waals surface area contributed by atoms with E-state index in [9.17, 15) is 10.1 Å².